The number of para-hydroxylation sites is 1. The molecular formula is C14H12ClNO3S. The summed E-state index contributed by atoms with van der Waals surface area (Å²) in [4.78, 5) is 0. The minimum absolute atomic E-state index is 0.214. The molecule has 0 aliphatic carbocycles. The monoisotopic (exact) mass is 309 g/mol. The number of nitrogens with zero attached hydrogens (tertiary/aromatic N) is 1. The molecule has 0 saturated heterocycles. The Morgan fingerprint density at radius 2 is 1.80 bits per heavy atom. The largest absolute Gasteiger partial charge is 0.401 e. The van der Waals surface area contributed by atoms with Gasteiger partial charge in [-0.3, -0.25) is 0 Å². The Hall–Kier alpha value is -1.72. The second-order valence-electron chi connectivity index (χ2n) is 4.42. The summed E-state index contributed by atoms with van der Waals surface area (Å²) in [5.74, 6) is 0.214. The summed E-state index contributed by atoms with van der Waals surface area (Å²) in [6.45, 7) is 2.90. The van der Waals surface area contributed by atoms with Crippen molar-refractivity contribution >= 4 is 41.8 Å². The Morgan fingerprint density at radius 1 is 1.10 bits per heavy atom. The van der Waals surface area contributed by atoms with Gasteiger partial charge in [0.1, 0.15) is 5.75 Å². The number of hydrogen-bond acceptors (Lipinski definition) is 3. The van der Waals surface area contributed by atoms with Crippen molar-refractivity contribution in [1.29, 1.82) is 0 Å². The topological polar surface area (TPSA) is 48.3 Å². The Balaban J connectivity index is 2.31. The zero-order chi connectivity index (χ0) is 14.3. The Morgan fingerprint density at radius 3 is 2.50 bits per heavy atom. The number of fused-ring (bicyclic) bond motifs is 3. The lowest BCUT2D eigenvalue weighted by atomic mass is 10.1. The molecule has 0 unspecified atom stereocenters. The van der Waals surface area contributed by atoms with Crippen molar-refractivity contribution in [3.63, 3.8) is 0 Å². The summed E-state index contributed by atoms with van der Waals surface area (Å²) in [5, 5.41) is 2.00. The van der Waals surface area contributed by atoms with Gasteiger partial charge in [0, 0.05) is 28.4 Å². The fraction of sp³-hybridized carbons (Fsp3) is 0.143. The molecule has 0 aliphatic heterocycles. The van der Waals surface area contributed by atoms with E-state index in [1.807, 2.05) is 30.3 Å². The second kappa shape index (κ2) is 4.68. The van der Waals surface area contributed by atoms with E-state index in [-0.39, 0.29) is 5.75 Å². The van der Waals surface area contributed by atoms with Crippen LogP contribution in [0.1, 0.15) is 6.92 Å². The predicted molar refractivity (Wildman–Crippen MR) is 80.5 cm³/mol. The van der Waals surface area contributed by atoms with Crippen LogP contribution in [0.15, 0.2) is 42.5 Å². The van der Waals surface area contributed by atoms with Crippen LogP contribution in [-0.2, 0) is 15.9 Å². The van der Waals surface area contributed by atoms with Gasteiger partial charge >= 0.3 is 9.33 Å². The first kappa shape index (κ1) is 13.3. The first-order chi connectivity index (χ1) is 9.49. The molecule has 0 radical (unpaired) electrons. The third-order valence-corrected chi connectivity index (χ3v) is 3.84. The molecule has 3 aromatic rings. The quantitative estimate of drug-likeness (QED) is 0.693. The highest BCUT2D eigenvalue weighted by Gasteiger charge is 2.12. The van der Waals surface area contributed by atoms with Crippen molar-refractivity contribution in [1.82, 2.24) is 4.57 Å². The number of benzene rings is 2. The summed E-state index contributed by atoms with van der Waals surface area (Å²) in [6, 6.07) is 13.1. The van der Waals surface area contributed by atoms with Crippen LogP contribution in [0.3, 0.4) is 0 Å². The van der Waals surface area contributed by atoms with Crippen molar-refractivity contribution in [3.05, 3.63) is 42.5 Å². The van der Waals surface area contributed by atoms with E-state index in [1.165, 1.54) is 0 Å². The predicted octanol–water partition coefficient (Wildman–Crippen LogP) is 3.68. The van der Waals surface area contributed by atoms with Gasteiger partial charge in [0.05, 0.1) is 10.7 Å². The SMILES string of the molecule is CCn1c2ccccc2c2cc(OS(=O)(=O)Cl)ccc21. The van der Waals surface area contributed by atoms with Gasteiger partial charge in [0.2, 0.25) is 0 Å². The average molecular weight is 310 g/mol. The van der Waals surface area contributed by atoms with Crippen LogP contribution >= 0.6 is 10.7 Å². The molecule has 4 nitrogen and oxygen atoms in total. The molecule has 1 heterocycles. The van der Waals surface area contributed by atoms with Crippen LogP contribution in [0.4, 0.5) is 0 Å². The lowest BCUT2D eigenvalue weighted by Gasteiger charge is -2.04. The number of aryl methyl sites for hydroxylation is 1. The van der Waals surface area contributed by atoms with Gasteiger partial charge in [-0.25, -0.2) is 0 Å². The van der Waals surface area contributed by atoms with Gasteiger partial charge in [-0.1, -0.05) is 18.2 Å². The Labute approximate surface area is 121 Å². The molecule has 0 spiro atoms. The van der Waals surface area contributed by atoms with Gasteiger partial charge in [-0.2, -0.15) is 8.42 Å². The van der Waals surface area contributed by atoms with Crippen LogP contribution in [0.2, 0.25) is 0 Å². The third kappa shape index (κ3) is 2.23. The number of aromatic nitrogens is 1. The number of rotatable bonds is 3. The van der Waals surface area contributed by atoms with E-state index >= 15 is 0 Å². The first-order valence-electron chi connectivity index (χ1n) is 6.14. The maximum Gasteiger partial charge on any atom is 0.401 e. The maximum absolute atomic E-state index is 11.0. The highest BCUT2D eigenvalue weighted by molar-refractivity contribution is 8.10. The average Bonchev–Trinajstić information content (AvgIpc) is 2.70. The fourth-order valence-corrected chi connectivity index (χ4v) is 3.09. The van der Waals surface area contributed by atoms with Crippen molar-refractivity contribution < 1.29 is 12.6 Å². The summed E-state index contributed by atoms with van der Waals surface area (Å²) in [5.41, 5.74) is 2.14. The standard InChI is InChI=1S/C14H12ClNO3S/c1-2-16-13-6-4-3-5-11(13)12-9-10(7-8-14(12)16)19-20(15,17)18/h3-9H,2H2,1H3. The van der Waals surface area contributed by atoms with Gasteiger partial charge < -0.3 is 8.75 Å². The molecular weight excluding hydrogens is 298 g/mol. The molecule has 0 aliphatic rings. The molecule has 6 heteroatoms. The van der Waals surface area contributed by atoms with Crippen molar-refractivity contribution in [2.75, 3.05) is 0 Å². The van der Waals surface area contributed by atoms with Gasteiger partial charge in [-0.15, -0.1) is 0 Å². The normalized spacial score (nSPS) is 12.1. The van der Waals surface area contributed by atoms with Crippen LogP contribution in [-0.4, -0.2) is 13.0 Å². The summed E-state index contributed by atoms with van der Waals surface area (Å²) in [7, 11) is 1.08. The van der Waals surface area contributed by atoms with Gasteiger partial charge in [-0.05, 0) is 31.2 Å². The molecule has 3 rings (SSSR count). The molecule has 0 saturated carbocycles. The molecule has 0 atom stereocenters. The van der Waals surface area contributed by atoms with Crippen LogP contribution in [0.5, 0.6) is 5.75 Å². The van der Waals surface area contributed by atoms with Crippen molar-refractivity contribution in [2.45, 2.75) is 13.5 Å². The molecule has 2 aromatic carbocycles. The molecule has 104 valence electrons. The van der Waals surface area contributed by atoms with E-state index in [4.69, 9.17) is 14.9 Å². The van der Waals surface area contributed by atoms with Gasteiger partial charge in [0.15, 0.2) is 0 Å². The first-order valence-corrected chi connectivity index (χ1v) is 8.38. The minimum atomic E-state index is -4.03. The molecule has 1 aromatic heterocycles. The van der Waals surface area contributed by atoms with E-state index in [2.05, 4.69) is 11.5 Å². The van der Waals surface area contributed by atoms with E-state index in [9.17, 15) is 8.42 Å². The Bertz CT molecular complexity index is 899. The molecule has 0 bridgehead atoms. The third-order valence-electron chi connectivity index (χ3n) is 3.26. The number of halogens is 1. The van der Waals surface area contributed by atoms with Gasteiger partial charge in [0.25, 0.3) is 0 Å². The highest BCUT2D eigenvalue weighted by atomic mass is 35.7. The molecule has 0 N–H and O–H groups in total. The minimum Gasteiger partial charge on any atom is -0.371 e. The lowest BCUT2D eigenvalue weighted by molar-refractivity contribution is 0.504. The van der Waals surface area contributed by atoms with E-state index < -0.39 is 9.33 Å². The zero-order valence-corrected chi connectivity index (χ0v) is 12.3. The molecule has 20 heavy (non-hydrogen) atoms. The zero-order valence-electron chi connectivity index (χ0n) is 10.7. The Kier molecular flexibility index (Phi) is 3.11. The fourth-order valence-electron chi connectivity index (χ4n) is 2.54. The molecule has 0 amide bonds. The number of hydrogen-bond donors (Lipinski definition) is 0. The van der Waals surface area contributed by atoms with E-state index in [0.29, 0.717) is 0 Å². The summed E-state index contributed by atoms with van der Waals surface area (Å²) >= 11 is 0. The van der Waals surface area contributed by atoms with Crippen molar-refractivity contribution in [3.8, 4) is 5.75 Å². The highest BCUT2D eigenvalue weighted by Crippen LogP contribution is 2.32. The van der Waals surface area contributed by atoms with E-state index in [0.717, 1.165) is 28.4 Å². The smallest absolute Gasteiger partial charge is 0.371 e. The van der Waals surface area contributed by atoms with Crippen molar-refractivity contribution in [2.24, 2.45) is 0 Å². The van der Waals surface area contributed by atoms with Crippen LogP contribution < -0.4 is 4.18 Å². The second-order valence-corrected chi connectivity index (χ2v) is 6.50. The van der Waals surface area contributed by atoms with Crippen LogP contribution in [0.25, 0.3) is 21.8 Å². The molecule has 0 fully saturated rings. The summed E-state index contributed by atoms with van der Waals surface area (Å²) < 4.78 is 28.9. The van der Waals surface area contributed by atoms with Crippen LogP contribution in [0, 0.1) is 0 Å². The van der Waals surface area contributed by atoms with E-state index in [1.54, 1.807) is 12.1 Å². The maximum atomic E-state index is 11.0. The lowest BCUT2D eigenvalue weighted by Crippen LogP contribution is -1.99. The summed E-state index contributed by atoms with van der Waals surface area (Å²) in [6.07, 6.45) is 0.